The lowest BCUT2D eigenvalue weighted by Crippen LogP contribution is -2.66. The van der Waals surface area contributed by atoms with E-state index in [0.717, 1.165) is 0 Å². The standard InChI is InChI=1S/C15H18F3NO4/c1-3-10-23-14(15(16,17)18,13(21)22-4-2)19-12(20)11-8-6-5-7-9-11/h5-9H,3-4,10H2,1-2H3,(H,19,20)/t14-/m0/s1. The zero-order chi connectivity index (χ0) is 17.5. The number of alkyl halides is 3. The largest absolute Gasteiger partial charge is 0.462 e. The molecule has 0 aliphatic rings. The van der Waals surface area contributed by atoms with Gasteiger partial charge in [-0.3, -0.25) is 4.79 Å². The summed E-state index contributed by atoms with van der Waals surface area (Å²) in [6, 6.07) is 7.22. The number of rotatable bonds is 7. The molecular formula is C15H18F3NO4. The molecule has 1 rings (SSSR count). The minimum atomic E-state index is -5.18. The van der Waals surface area contributed by atoms with Crippen LogP contribution >= 0.6 is 0 Å². The van der Waals surface area contributed by atoms with E-state index in [2.05, 4.69) is 4.74 Å². The third-order valence-corrected chi connectivity index (χ3v) is 2.81. The highest BCUT2D eigenvalue weighted by atomic mass is 19.4. The second-order valence-electron chi connectivity index (χ2n) is 4.57. The first-order valence-corrected chi connectivity index (χ1v) is 7.04. The summed E-state index contributed by atoms with van der Waals surface area (Å²) in [5.74, 6) is -2.79. The zero-order valence-corrected chi connectivity index (χ0v) is 12.8. The Hall–Kier alpha value is -2.09. The van der Waals surface area contributed by atoms with Gasteiger partial charge in [-0.1, -0.05) is 25.1 Å². The van der Waals surface area contributed by atoms with E-state index in [1.165, 1.54) is 31.2 Å². The predicted octanol–water partition coefficient (Wildman–Crippen LogP) is 2.66. The van der Waals surface area contributed by atoms with Crippen LogP contribution in [0.2, 0.25) is 0 Å². The SMILES string of the molecule is CCCO[C@@](NC(=O)c1ccccc1)(C(=O)OCC)C(F)(F)F. The molecule has 0 unspecified atom stereocenters. The number of benzene rings is 1. The number of carbonyl (C=O) groups is 2. The van der Waals surface area contributed by atoms with E-state index in [-0.39, 0.29) is 25.2 Å². The number of nitrogens with one attached hydrogen (secondary N) is 1. The van der Waals surface area contributed by atoms with Gasteiger partial charge in [0.25, 0.3) is 5.91 Å². The lowest BCUT2D eigenvalue weighted by Gasteiger charge is -2.33. The Morgan fingerprint density at radius 1 is 1.13 bits per heavy atom. The molecule has 1 atom stereocenters. The fourth-order valence-electron chi connectivity index (χ4n) is 1.72. The van der Waals surface area contributed by atoms with E-state index in [9.17, 15) is 22.8 Å². The van der Waals surface area contributed by atoms with Crippen LogP contribution in [0.1, 0.15) is 30.6 Å². The molecule has 1 aromatic rings. The number of esters is 1. The van der Waals surface area contributed by atoms with Crippen LogP contribution in [0.4, 0.5) is 13.2 Å². The maximum absolute atomic E-state index is 13.5. The molecule has 0 fully saturated rings. The summed E-state index contributed by atoms with van der Waals surface area (Å²) in [5.41, 5.74) is -3.57. The smallest absolute Gasteiger partial charge is 0.448 e. The average Bonchev–Trinajstić information content (AvgIpc) is 2.51. The van der Waals surface area contributed by atoms with E-state index < -0.39 is 23.8 Å². The Morgan fingerprint density at radius 3 is 2.22 bits per heavy atom. The molecule has 0 aliphatic heterocycles. The number of amides is 1. The van der Waals surface area contributed by atoms with Gasteiger partial charge in [0.05, 0.1) is 13.2 Å². The van der Waals surface area contributed by atoms with Gasteiger partial charge in [0.2, 0.25) is 0 Å². The summed E-state index contributed by atoms with van der Waals surface area (Å²) >= 11 is 0. The van der Waals surface area contributed by atoms with Crippen molar-refractivity contribution in [1.82, 2.24) is 5.32 Å². The summed E-state index contributed by atoms with van der Waals surface area (Å²) < 4.78 is 49.7. The molecule has 0 saturated heterocycles. The number of hydrogen-bond donors (Lipinski definition) is 1. The molecule has 0 heterocycles. The summed E-state index contributed by atoms with van der Waals surface area (Å²) in [6.07, 6.45) is -4.96. The van der Waals surface area contributed by atoms with Gasteiger partial charge in [0.15, 0.2) is 0 Å². The molecule has 1 amide bonds. The normalized spacial score (nSPS) is 14.0. The van der Waals surface area contributed by atoms with Crippen molar-refractivity contribution in [2.45, 2.75) is 32.2 Å². The van der Waals surface area contributed by atoms with Crippen LogP contribution in [-0.2, 0) is 14.3 Å². The Kier molecular flexibility index (Phi) is 6.56. The highest BCUT2D eigenvalue weighted by Gasteiger charge is 2.64. The van der Waals surface area contributed by atoms with Crippen molar-refractivity contribution < 1.29 is 32.2 Å². The van der Waals surface area contributed by atoms with Crippen molar-refractivity contribution in [3.63, 3.8) is 0 Å². The summed E-state index contributed by atoms with van der Waals surface area (Å²) in [4.78, 5) is 24.0. The molecule has 8 heteroatoms. The number of hydrogen-bond acceptors (Lipinski definition) is 4. The van der Waals surface area contributed by atoms with E-state index in [4.69, 9.17) is 4.74 Å². The van der Waals surface area contributed by atoms with Crippen LogP contribution in [-0.4, -0.2) is 37.0 Å². The van der Waals surface area contributed by atoms with Gasteiger partial charge >= 0.3 is 17.9 Å². The Bertz CT molecular complexity index is 533. The van der Waals surface area contributed by atoms with Gasteiger partial charge in [0, 0.05) is 5.56 Å². The minimum absolute atomic E-state index is 0.0366. The maximum atomic E-state index is 13.5. The van der Waals surface area contributed by atoms with Crippen molar-refractivity contribution in [1.29, 1.82) is 0 Å². The van der Waals surface area contributed by atoms with E-state index >= 15 is 0 Å². The van der Waals surface area contributed by atoms with Crippen molar-refractivity contribution >= 4 is 11.9 Å². The fraction of sp³-hybridized carbons (Fsp3) is 0.467. The quantitative estimate of drug-likeness (QED) is 0.615. The highest BCUT2D eigenvalue weighted by Crippen LogP contribution is 2.33. The Balaban J connectivity index is 3.20. The zero-order valence-electron chi connectivity index (χ0n) is 12.8. The van der Waals surface area contributed by atoms with E-state index in [0.29, 0.717) is 0 Å². The lowest BCUT2D eigenvalue weighted by molar-refractivity contribution is -0.284. The van der Waals surface area contributed by atoms with Crippen LogP contribution in [0, 0.1) is 0 Å². The topological polar surface area (TPSA) is 64.6 Å². The van der Waals surface area contributed by atoms with Crippen molar-refractivity contribution in [3.8, 4) is 0 Å². The molecule has 1 aromatic carbocycles. The third-order valence-electron chi connectivity index (χ3n) is 2.81. The Morgan fingerprint density at radius 2 is 1.74 bits per heavy atom. The number of carbonyl (C=O) groups excluding carboxylic acids is 2. The van der Waals surface area contributed by atoms with E-state index in [1.807, 2.05) is 0 Å². The van der Waals surface area contributed by atoms with Crippen LogP contribution in [0.5, 0.6) is 0 Å². The molecule has 5 nitrogen and oxygen atoms in total. The van der Waals surface area contributed by atoms with Gasteiger partial charge in [-0.25, -0.2) is 4.79 Å². The molecule has 0 radical (unpaired) electrons. The lowest BCUT2D eigenvalue weighted by atomic mass is 10.1. The first-order valence-electron chi connectivity index (χ1n) is 7.04. The number of ether oxygens (including phenoxy) is 2. The average molecular weight is 333 g/mol. The van der Waals surface area contributed by atoms with Crippen LogP contribution in [0.15, 0.2) is 30.3 Å². The predicted molar refractivity (Wildman–Crippen MR) is 75.6 cm³/mol. The van der Waals surface area contributed by atoms with Gasteiger partial charge in [0.1, 0.15) is 0 Å². The van der Waals surface area contributed by atoms with Crippen molar-refractivity contribution in [3.05, 3.63) is 35.9 Å². The molecular weight excluding hydrogens is 315 g/mol. The van der Waals surface area contributed by atoms with Gasteiger partial charge in [-0.2, -0.15) is 13.2 Å². The number of halogens is 3. The van der Waals surface area contributed by atoms with Crippen LogP contribution < -0.4 is 5.32 Å². The van der Waals surface area contributed by atoms with Gasteiger partial charge in [-0.15, -0.1) is 0 Å². The van der Waals surface area contributed by atoms with Crippen LogP contribution in [0.3, 0.4) is 0 Å². The first-order chi connectivity index (χ1) is 10.8. The van der Waals surface area contributed by atoms with Crippen LogP contribution in [0.25, 0.3) is 0 Å². The summed E-state index contributed by atoms with van der Waals surface area (Å²) in [5, 5.41) is 1.65. The molecule has 0 aromatic heterocycles. The molecule has 0 saturated carbocycles. The first kappa shape index (κ1) is 19.0. The van der Waals surface area contributed by atoms with Gasteiger partial charge < -0.3 is 14.8 Å². The summed E-state index contributed by atoms with van der Waals surface area (Å²) in [6.45, 7) is 2.27. The highest BCUT2D eigenvalue weighted by molar-refractivity contribution is 5.98. The molecule has 128 valence electrons. The molecule has 0 spiro atoms. The molecule has 23 heavy (non-hydrogen) atoms. The Labute approximate surface area is 131 Å². The maximum Gasteiger partial charge on any atom is 0.448 e. The van der Waals surface area contributed by atoms with E-state index in [1.54, 1.807) is 18.3 Å². The monoisotopic (exact) mass is 333 g/mol. The van der Waals surface area contributed by atoms with Crippen molar-refractivity contribution in [2.75, 3.05) is 13.2 Å². The third kappa shape index (κ3) is 4.44. The summed E-state index contributed by atoms with van der Waals surface area (Å²) in [7, 11) is 0. The second-order valence-corrected chi connectivity index (χ2v) is 4.57. The second kappa shape index (κ2) is 7.96. The molecule has 1 N–H and O–H groups in total. The van der Waals surface area contributed by atoms with Gasteiger partial charge in [-0.05, 0) is 25.5 Å². The minimum Gasteiger partial charge on any atom is -0.462 e. The molecule has 0 aliphatic carbocycles. The molecule has 0 bridgehead atoms. The van der Waals surface area contributed by atoms with Crippen molar-refractivity contribution in [2.24, 2.45) is 0 Å². The fourth-order valence-corrected chi connectivity index (χ4v) is 1.72.